The first kappa shape index (κ1) is 12.5. The fourth-order valence-electron chi connectivity index (χ4n) is 1.35. The number of rotatable bonds is 5. The monoisotopic (exact) mass is 221 g/mol. The molecule has 1 rings (SSSR count). The van der Waals surface area contributed by atoms with Crippen LogP contribution in [-0.2, 0) is 6.54 Å². The Hall–Kier alpha value is -1.60. The molecule has 1 N–H and O–H groups in total. The zero-order chi connectivity index (χ0) is 12.0. The molecule has 0 spiro atoms. The van der Waals surface area contributed by atoms with E-state index in [2.05, 4.69) is 16.2 Å². The molecular weight excluding hydrogens is 205 g/mol. The molecule has 1 heterocycles. The van der Waals surface area contributed by atoms with E-state index in [0.29, 0.717) is 24.5 Å². The van der Waals surface area contributed by atoms with Crippen molar-refractivity contribution in [1.82, 2.24) is 10.3 Å². The van der Waals surface area contributed by atoms with E-state index in [9.17, 15) is 4.39 Å². The molecule has 4 heteroatoms. The molecule has 0 unspecified atom stereocenters. The van der Waals surface area contributed by atoms with Crippen LogP contribution in [0, 0.1) is 18.2 Å². The van der Waals surface area contributed by atoms with Gasteiger partial charge in [-0.1, -0.05) is 12.8 Å². The maximum absolute atomic E-state index is 14.0. The van der Waals surface area contributed by atoms with Crippen LogP contribution in [0.15, 0.2) is 12.3 Å². The quantitative estimate of drug-likeness (QED) is 0.762. The van der Waals surface area contributed by atoms with Gasteiger partial charge in [0.1, 0.15) is 0 Å². The van der Waals surface area contributed by atoms with Crippen LogP contribution >= 0.6 is 0 Å². The molecule has 1 aromatic rings. The summed E-state index contributed by atoms with van der Waals surface area (Å²) in [4.78, 5) is 5.61. The minimum atomic E-state index is -0.304. The molecule has 86 valence electrons. The number of pyridine rings is 1. The van der Waals surface area contributed by atoms with Crippen LogP contribution in [0.3, 0.4) is 0 Å². The van der Waals surface area contributed by atoms with E-state index in [-0.39, 0.29) is 5.82 Å². The topological polar surface area (TPSA) is 28.2 Å². The van der Waals surface area contributed by atoms with Gasteiger partial charge in [0, 0.05) is 25.4 Å². The predicted molar refractivity (Wildman–Crippen MR) is 63.7 cm³/mol. The Kier molecular flexibility index (Phi) is 4.74. The van der Waals surface area contributed by atoms with Crippen LogP contribution in [0.5, 0.6) is 0 Å². The molecule has 0 saturated heterocycles. The fraction of sp³-hybridized carbons (Fsp3) is 0.417. The number of nitrogens with zero attached hydrogens (tertiary/aromatic N) is 2. The lowest BCUT2D eigenvalue weighted by Crippen LogP contribution is -2.21. The highest BCUT2D eigenvalue weighted by atomic mass is 19.1. The standard InChI is InChI=1S/C12H16FN3/c1-4-8-16(3)12-11(13)10(6-7-15-12)9-14-5-2/h1,6-7,14H,5,8-9H2,2-3H3. The molecule has 3 nitrogen and oxygen atoms in total. The van der Waals surface area contributed by atoms with Crippen molar-refractivity contribution in [3.8, 4) is 12.3 Å². The van der Waals surface area contributed by atoms with Gasteiger partial charge in [-0.3, -0.25) is 0 Å². The molecule has 0 aliphatic carbocycles. The van der Waals surface area contributed by atoms with Crippen LogP contribution in [0.2, 0.25) is 0 Å². The third-order valence-electron chi connectivity index (χ3n) is 2.21. The maximum Gasteiger partial charge on any atom is 0.170 e. The number of hydrogen-bond donors (Lipinski definition) is 1. The van der Waals surface area contributed by atoms with E-state index >= 15 is 0 Å². The van der Waals surface area contributed by atoms with E-state index in [1.807, 2.05) is 6.92 Å². The Labute approximate surface area is 95.7 Å². The number of aromatic nitrogens is 1. The molecule has 0 radical (unpaired) electrons. The van der Waals surface area contributed by atoms with Crippen molar-refractivity contribution in [3.63, 3.8) is 0 Å². The first-order valence-electron chi connectivity index (χ1n) is 5.19. The van der Waals surface area contributed by atoms with E-state index in [0.717, 1.165) is 6.54 Å². The summed E-state index contributed by atoms with van der Waals surface area (Å²) in [6.07, 6.45) is 6.78. The summed E-state index contributed by atoms with van der Waals surface area (Å²) in [5.41, 5.74) is 0.607. The normalized spacial score (nSPS) is 9.88. The van der Waals surface area contributed by atoms with Crippen LogP contribution in [0.25, 0.3) is 0 Å². The van der Waals surface area contributed by atoms with Crippen LogP contribution < -0.4 is 10.2 Å². The fourth-order valence-corrected chi connectivity index (χ4v) is 1.35. The lowest BCUT2D eigenvalue weighted by Gasteiger charge is -2.17. The second-order valence-electron chi connectivity index (χ2n) is 3.45. The molecule has 16 heavy (non-hydrogen) atoms. The van der Waals surface area contributed by atoms with Crippen LogP contribution in [-0.4, -0.2) is 25.1 Å². The van der Waals surface area contributed by atoms with Gasteiger partial charge in [0.15, 0.2) is 11.6 Å². The average Bonchev–Trinajstić information content (AvgIpc) is 2.28. The number of anilines is 1. The van der Waals surface area contributed by atoms with E-state index in [1.54, 1.807) is 24.2 Å². The Morgan fingerprint density at radius 1 is 1.62 bits per heavy atom. The minimum absolute atomic E-state index is 0.299. The molecular formula is C12H16FN3. The zero-order valence-corrected chi connectivity index (χ0v) is 9.63. The van der Waals surface area contributed by atoms with Gasteiger partial charge in [0.25, 0.3) is 0 Å². The summed E-state index contributed by atoms with van der Waals surface area (Å²) >= 11 is 0. The number of hydrogen-bond acceptors (Lipinski definition) is 3. The highest BCUT2D eigenvalue weighted by Crippen LogP contribution is 2.17. The predicted octanol–water partition coefficient (Wildman–Crippen LogP) is 1.40. The van der Waals surface area contributed by atoms with Crippen molar-refractivity contribution in [2.75, 3.05) is 25.0 Å². The summed E-state index contributed by atoms with van der Waals surface area (Å²) in [5, 5.41) is 3.08. The Balaban J connectivity index is 2.90. The van der Waals surface area contributed by atoms with Gasteiger partial charge in [0.05, 0.1) is 6.54 Å². The van der Waals surface area contributed by atoms with Gasteiger partial charge in [0.2, 0.25) is 0 Å². The molecule has 0 saturated carbocycles. The van der Waals surface area contributed by atoms with Crippen molar-refractivity contribution >= 4 is 5.82 Å². The summed E-state index contributed by atoms with van der Waals surface area (Å²) in [6.45, 7) is 3.62. The van der Waals surface area contributed by atoms with Crippen LogP contribution in [0.1, 0.15) is 12.5 Å². The van der Waals surface area contributed by atoms with Crippen molar-refractivity contribution in [2.24, 2.45) is 0 Å². The molecule has 0 bridgehead atoms. The molecule has 0 atom stereocenters. The lowest BCUT2D eigenvalue weighted by molar-refractivity contribution is 0.585. The highest BCUT2D eigenvalue weighted by molar-refractivity contribution is 5.43. The second-order valence-corrected chi connectivity index (χ2v) is 3.45. The molecule has 0 aliphatic heterocycles. The molecule has 0 aliphatic rings. The maximum atomic E-state index is 14.0. The summed E-state index contributed by atoms with van der Waals surface area (Å²) in [6, 6.07) is 1.67. The minimum Gasteiger partial charge on any atom is -0.346 e. The Morgan fingerprint density at radius 3 is 3.00 bits per heavy atom. The third-order valence-corrected chi connectivity index (χ3v) is 2.21. The van der Waals surface area contributed by atoms with Gasteiger partial charge in [-0.15, -0.1) is 6.42 Å². The molecule has 0 fully saturated rings. The van der Waals surface area contributed by atoms with Crippen molar-refractivity contribution in [2.45, 2.75) is 13.5 Å². The number of halogens is 1. The smallest absolute Gasteiger partial charge is 0.170 e. The average molecular weight is 221 g/mol. The third kappa shape index (κ3) is 2.94. The largest absolute Gasteiger partial charge is 0.346 e. The summed E-state index contributed by atoms with van der Waals surface area (Å²) in [5.74, 6) is 2.45. The summed E-state index contributed by atoms with van der Waals surface area (Å²) < 4.78 is 14.0. The summed E-state index contributed by atoms with van der Waals surface area (Å²) in [7, 11) is 1.72. The van der Waals surface area contributed by atoms with Crippen molar-refractivity contribution < 1.29 is 4.39 Å². The first-order chi connectivity index (χ1) is 7.70. The van der Waals surface area contributed by atoms with Crippen molar-refractivity contribution in [3.05, 3.63) is 23.6 Å². The van der Waals surface area contributed by atoms with E-state index < -0.39 is 0 Å². The molecule has 0 aromatic carbocycles. The SMILES string of the molecule is C#CCN(C)c1nccc(CNCC)c1F. The molecule has 0 amide bonds. The van der Waals surface area contributed by atoms with Gasteiger partial charge in [-0.25, -0.2) is 9.37 Å². The highest BCUT2D eigenvalue weighted by Gasteiger charge is 2.11. The van der Waals surface area contributed by atoms with Crippen molar-refractivity contribution in [1.29, 1.82) is 0 Å². The number of nitrogens with one attached hydrogen (secondary N) is 1. The Bertz CT molecular complexity index is 384. The first-order valence-corrected chi connectivity index (χ1v) is 5.19. The molecule has 1 aromatic heterocycles. The van der Waals surface area contributed by atoms with Gasteiger partial charge in [-0.05, 0) is 12.6 Å². The zero-order valence-electron chi connectivity index (χ0n) is 9.63. The number of terminal acetylenes is 1. The van der Waals surface area contributed by atoms with E-state index in [4.69, 9.17) is 6.42 Å². The van der Waals surface area contributed by atoms with E-state index in [1.165, 1.54) is 0 Å². The van der Waals surface area contributed by atoms with Gasteiger partial charge in [-0.2, -0.15) is 0 Å². The lowest BCUT2D eigenvalue weighted by atomic mass is 10.2. The van der Waals surface area contributed by atoms with Gasteiger partial charge >= 0.3 is 0 Å². The van der Waals surface area contributed by atoms with Gasteiger partial charge < -0.3 is 10.2 Å². The van der Waals surface area contributed by atoms with Crippen LogP contribution in [0.4, 0.5) is 10.2 Å². The second kappa shape index (κ2) is 6.09. The Morgan fingerprint density at radius 2 is 2.38 bits per heavy atom.